The van der Waals surface area contributed by atoms with E-state index in [1.165, 1.54) is 43.2 Å². The van der Waals surface area contributed by atoms with Crippen LogP contribution in [0.3, 0.4) is 0 Å². The minimum atomic E-state index is 0.459. The lowest BCUT2D eigenvalue weighted by Crippen LogP contribution is -2.25. The van der Waals surface area contributed by atoms with Crippen LogP contribution in [0.2, 0.25) is 0 Å². The van der Waals surface area contributed by atoms with Gasteiger partial charge in [0.25, 0.3) is 0 Å². The second kappa shape index (κ2) is 9.14. The predicted octanol–water partition coefficient (Wildman–Crippen LogP) is 5.12. The Kier molecular flexibility index (Phi) is 7.81. The lowest BCUT2D eigenvalue weighted by atomic mass is 10.0. The van der Waals surface area contributed by atoms with Crippen LogP contribution in [0.25, 0.3) is 0 Å². The molecule has 0 amide bonds. The van der Waals surface area contributed by atoms with Crippen molar-refractivity contribution in [2.45, 2.75) is 65.8 Å². The number of hydrogen-bond acceptors (Lipinski definition) is 1. The normalized spacial score (nSPS) is 12.9. The standard InChI is InChI=1S/C18H31N/c1-5-8-9-17-10-12-18(13-11-17)15(4)19-14-16(6-2)7-3/h10-13,15-16,19H,5-9,14H2,1-4H3. The minimum Gasteiger partial charge on any atom is -0.310 e. The predicted molar refractivity (Wildman–Crippen MR) is 85.5 cm³/mol. The van der Waals surface area contributed by atoms with Crippen LogP contribution in [-0.2, 0) is 6.42 Å². The van der Waals surface area contributed by atoms with Crippen LogP contribution in [0, 0.1) is 5.92 Å². The summed E-state index contributed by atoms with van der Waals surface area (Å²) >= 11 is 0. The molecule has 19 heavy (non-hydrogen) atoms. The van der Waals surface area contributed by atoms with Crippen LogP contribution < -0.4 is 5.32 Å². The molecular formula is C18H31N. The highest BCUT2D eigenvalue weighted by Crippen LogP contribution is 2.16. The number of benzene rings is 1. The molecule has 1 unspecified atom stereocenters. The quantitative estimate of drug-likeness (QED) is 0.651. The van der Waals surface area contributed by atoms with Crippen molar-refractivity contribution in [3.8, 4) is 0 Å². The van der Waals surface area contributed by atoms with E-state index in [1.807, 2.05) is 0 Å². The molecule has 0 saturated heterocycles. The van der Waals surface area contributed by atoms with Gasteiger partial charge in [0.1, 0.15) is 0 Å². The number of rotatable bonds is 9. The Morgan fingerprint density at radius 2 is 1.63 bits per heavy atom. The molecule has 0 aliphatic carbocycles. The van der Waals surface area contributed by atoms with Crippen LogP contribution in [0.4, 0.5) is 0 Å². The Labute approximate surface area is 119 Å². The van der Waals surface area contributed by atoms with E-state index in [9.17, 15) is 0 Å². The Hall–Kier alpha value is -0.820. The molecular weight excluding hydrogens is 230 g/mol. The maximum Gasteiger partial charge on any atom is 0.0291 e. The highest BCUT2D eigenvalue weighted by molar-refractivity contribution is 5.24. The third-order valence-corrected chi connectivity index (χ3v) is 4.17. The van der Waals surface area contributed by atoms with E-state index in [0.717, 1.165) is 12.5 Å². The highest BCUT2D eigenvalue weighted by atomic mass is 14.9. The first-order valence-corrected chi connectivity index (χ1v) is 8.03. The van der Waals surface area contributed by atoms with Crippen molar-refractivity contribution in [3.05, 3.63) is 35.4 Å². The molecule has 1 aromatic rings. The number of aryl methyl sites for hydroxylation is 1. The molecule has 0 radical (unpaired) electrons. The molecule has 1 heteroatoms. The lowest BCUT2D eigenvalue weighted by molar-refractivity contribution is 0.422. The first-order chi connectivity index (χ1) is 9.21. The zero-order valence-electron chi connectivity index (χ0n) is 13.2. The molecule has 1 rings (SSSR count). The molecule has 0 fully saturated rings. The van der Waals surface area contributed by atoms with E-state index in [1.54, 1.807) is 0 Å². The molecule has 0 aliphatic heterocycles. The highest BCUT2D eigenvalue weighted by Gasteiger charge is 2.08. The average molecular weight is 261 g/mol. The maximum atomic E-state index is 3.66. The van der Waals surface area contributed by atoms with Crippen molar-refractivity contribution in [2.24, 2.45) is 5.92 Å². The summed E-state index contributed by atoms with van der Waals surface area (Å²) in [5.41, 5.74) is 2.88. The van der Waals surface area contributed by atoms with Gasteiger partial charge in [0.2, 0.25) is 0 Å². The van der Waals surface area contributed by atoms with Gasteiger partial charge in [-0.05, 0) is 43.4 Å². The molecule has 1 atom stereocenters. The number of hydrogen-bond donors (Lipinski definition) is 1. The van der Waals surface area contributed by atoms with Gasteiger partial charge in [-0.25, -0.2) is 0 Å². The van der Waals surface area contributed by atoms with Crippen LogP contribution in [0.5, 0.6) is 0 Å². The molecule has 0 spiro atoms. The summed E-state index contributed by atoms with van der Waals surface area (Å²) < 4.78 is 0. The fourth-order valence-electron chi connectivity index (χ4n) is 2.39. The summed E-state index contributed by atoms with van der Waals surface area (Å²) in [4.78, 5) is 0. The van der Waals surface area contributed by atoms with Crippen LogP contribution in [0.1, 0.15) is 70.5 Å². The minimum absolute atomic E-state index is 0.459. The van der Waals surface area contributed by atoms with E-state index < -0.39 is 0 Å². The Balaban J connectivity index is 2.45. The molecule has 0 bridgehead atoms. The van der Waals surface area contributed by atoms with Gasteiger partial charge in [-0.3, -0.25) is 0 Å². The van der Waals surface area contributed by atoms with E-state index >= 15 is 0 Å². The van der Waals surface area contributed by atoms with Crippen molar-refractivity contribution in [1.82, 2.24) is 5.32 Å². The van der Waals surface area contributed by atoms with Gasteiger partial charge in [0.15, 0.2) is 0 Å². The largest absolute Gasteiger partial charge is 0.310 e. The average Bonchev–Trinajstić information content (AvgIpc) is 2.46. The molecule has 0 saturated carbocycles. The summed E-state index contributed by atoms with van der Waals surface area (Å²) in [6.45, 7) is 10.2. The van der Waals surface area contributed by atoms with Gasteiger partial charge >= 0.3 is 0 Å². The van der Waals surface area contributed by atoms with E-state index in [4.69, 9.17) is 0 Å². The van der Waals surface area contributed by atoms with Crippen molar-refractivity contribution in [3.63, 3.8) is 0 Å². The molecule has 1 N–H and O–H groups in total. The van der Waals surface area contributed by atoms with Gasteiger partial charge < -0.3 is 5.32 Å². The fraction of sp³-hybridized carbons (Fsp3) is 0.667. The summed E-state index contributed by atoms with van der Waals surface area (Å²) in [5, 5.41) is 3.66. The molecule has 0 aliphatic rings. The summed E-state index contributed by atoms with van der Waals surface area (Å²) in [6, 6.07) is 9.62. The van der Waals surface area contributed by atoms with Gasteiger partial charge in [0, 0.05) is 6.04 Å². The van der Waals surface area contributed by atoms with Gasteiger partial charge in [0.05, 0.1) is 0 Å². The van der Waals surface area contributed by atoms with E-state index in [-0.39, 0.29) is 0 Å². The topological polar surface area (TPSA) is 12.0 Å². The lowest BCUT2D eigenvalue weighted by Gasteiger charge is -2.19. The van der Waals surface area contributed by atoms with Gasteiger partial charge in [-0.2, -0.15) is 0 Å². The Morgan fingerprint density at radius 3 is 2.16 bits per heavy atom. The monoisotopic (exact) mass is 261 g/mol. The van der Waals surface area contributed by atoms with Crippen molar-refractivity contribution in [2.75, 3.05) is 6.54 Å². The first kappa shape index (κ1) is 16.2. The molecule has 1 aromatic carbocycles. The fourth-order valence-corrected chi connectivity index (χ4v) is 2.39. The molecule has 1 nitrogen and oxygen atoms in total. The SMILES string of the molecule is CCCCc1ccc(C(C)NCC(CC)CC)cc1. The Morgan fingerprint density at radius 1 is 1.00 bits per heavy atom. The third kappa shape index (κ3) is 5.78. The van der Waals surface area contributed by atoms with Crippen molar-refractivity contribution >= 4 is 0 Å². The second-order valence-electron chi connectivity index (χ2n) is 5.66. The number of unbranched alkanes of at least 4 members (excludes halogenated alkanes) is 1. The van der Waals surface area contributed by atoms with Crippen molar-refractivity contribution in [1.29, 1.82) is 0 Å². The summed E-state index contributed by atoms with van der Waals surface area (Å²) in [7, 11) is 0. The van der Waals surface area contributed by atoms with E-state index in [2.05, 4.69) is 57.3 Å². The van der Waals surface area contributed by atoms with Crippen LogP contribution >= 0.6 is 0 Å². The molecule has 0 heterocycles. The van der Waals surface area contributed by atoms with Crippen molar-refractivity contribution < 1.29 is 0 Å². The zero-order valence-corrected chi connectivity index (χ0v) is 13.2. The first-order valence-electron chi connectivity index (χ1n) is 8.03. The maximum absolute atomic E-state index is 3.66. The van der Waals surface area contributed by atoms with Gasteiger partial charge in [-0.15, -0.1) is 0 Å². The molecule has 108 valence electrons. The molecule has 0 aromatic heterocycles. The third-order valence-electron chi connectivity index (χ3n) is 4.17. The van der Waals surface area contributed by atoms with Gasteiger partial charge in [-0.1, -0.05) is 64.3 Å². The summed E-state index contributed by atoms with van der Waals surface area (Å²) in [5.74, 6) is 0.811. The number of nitrogens with one attached hydrogen (secondary N) is 1. The van der Waals surface area contributed by atoms with Crippen LogP contribution in [0.15, 0.2) is 24.3 Å². The Bertz CT molecular complexity index is 324. The van der Waals surface area contributed by atoms with Crippen LogP contribution in [-0.4, -0.2) is 6.54 Å². The summed E-state index contributed by atoms with van der Waals surface area (Å²) in [6.07, 6.45) is 6.32. The zero-order chi connectivity index (χ0) is 14.1. The van der Waals surface area contributed by atoms with E-state index in [0.29, 0.717) is 6.04 Å². The second-order valence-corrected chi connectivity index (χ2v) is 5.66. The smallest absolute Gasteiger partial charge is 0.0291 e.